The molecule has 1 N–H and O–H groups in total. The molecule has 152 valence electrons. The highest BCUT2D eigenvalue weighted by atomic mass is 19.4. The van der Waals surface area contributed by atoms with Crippen LogP contribution in [0.15, 0.2) is 42.5 Å². The summed E-state index contributed by atoms with van der Waals surface area (Å²) in [4.78, 5) is 37.7. The van der Waals surface area contributed by atoms with Crippen LogP contribution in [0, 0.1) is 6.92 Å². The van der Waals surface area contributed by atoms with Crippen molar-refractivity contribution in [3.05, 3.63) is 70.3 Å². The maximum absolute atomic E-state index is 12.5. The summed E-state index contributed by atoms with van der Waals surface area (Å²) in [7, 11) is 0. The SMILES string of the molecule is Cc1ccc2c(c1)C(=O)N(CCC(=O)NCCc1ccc(C(F)(F)F)cc1)C2=O. The summed E-state index contributed by atoms with van der Waals surface area (Å²) in [5.41, 5.74) is 1.49. The number of nitrogens with zero attached hydrogens (tertiary/aromatic N) is 1. The third-order valence-corrected chi connectivity index (χ3v) is 4.71. The van der Waals surface area contributed by atoms with Gasteiger partial charge in [-0.25, -0.2) is 0 Å². The van der Waals surface area contributed by atoms with Crippen molar-refractivity contribution in [3.8, 4) is 0 Å². The zero-order valence-corrected chi connectivity index (χ0v) is 15.7. The first-order valence-corrected chi connectivity index (χ1v) is 9.06. The third-order valence-electron chi connectivity index (χ3n) is 4.71. The van der Waals surface area contributed by atoms with Crippen molar-refractivity contribution in [1.29, 1.82) is 0 Å². The molecule has 2 aromatic carbocycles. The number of amides is 3. The fourth-order valence-corrected chi connectivity index (χ4v) is 3.12. The van der Waals surface area contributed by atoms with E-state index in [4.69, 9.17) is 0 Å². The number of nitrogens with one attached hydrogen (secondary N) is 1. The normalized spacial score (nSPS) is 13.6. The van der Waals surface area contributed by atoms with E-state index < -0.39 is 23.6 Å². The summed E-state index contributed by atoms with van der Waals surface area (Å²) in [6, 6.07) is 9.75. The van der Waals surface area contributed by atoms with Crippen molar-refractivity contribution < 1.29 is 27.6 Å². The molecule has 0 radical (unpaired) electrons. The van der Waals surface area contributed by atoms with E-state index in [1.54, 1.807) is 18.2 Å². The molecule has 3 rings (SSSR count). The molecule has 2 aromatic rings. The van der Waals surface area contributed by atoms with Crippen LogP contribution >= 0.6 is 0 Å². The summed E-state index contributed by atoms with van der Waals surface area (Å²) in [6.07, 6.45) is -4.05. The molecule has 0 atom stereocenters. The van der Waals surface area contributed by atoms with E-state index in [2.05, 4.69) is 5.32 Å². The smallest absolute Gasteiger partial charge is 0.356 e. The number of hydrogen-bond acceptors (Lipinski definition) is 3. The number of hydrogen-bond donors (Lipinski definition) is 1. The van der Waals surface area contributed by atoms with Crippen LogP contribution in [0.1, 0.15) is 43.8 Å². The van der Waals surface area contributed by atoms with Crippen LogP contribution in [0.25, 0.3) is 0 Å². The van der Waals surface area contributed by atoms with Gasteiger partial charge in [0.25, 0.3) is 11.8 Å². The molecule has 0 saturated heterocycles. The predicted octanol–water partition coefficient (Wildman–Crippen LogP) is 3.36. The molecule has 0 fully saturated rings. The van der Waals surface area contributed by atoms with Crippen molar-refractivity contribution in [2.24, 2.45) is 0 Å². The summed E-state index contributed by atoms with van der Waals surface area (Å²) < 4.78 is 37.6. The maximum atomic E-state index is 12.5. The molecule has 1 heterocycles. The molecule has 0 bridgehead atoms. The summed E-state index contributed by atoms with van der Waals surface area (Å²) in [6.45, 7) is 2.04. The molecule has 29 heavy (non-hydrogen) atoms. The molecule has 1 aliphatic rings. The predicted molar refractivity (Wildman–Crippen MR) is 99.3 cm³/mol. The number of carbonyl (C=O) groups excluding carboxylic acids is 3. The Morgan fingerprint density at radius 3 is 2.31 bits per heavy atom. The van der Waals surface area contributed by atoms with Crippen LogP contribution in [-0.2, 0) is 17.4 Å². The molecular weight excluding hydrogens is 385 g/mol. The first kappa shape index (κ1) is 20.6. The number of carbonyl (C=O) groups is 3. The Morgan fingerprint density at radius 1 is 1.00 bits per heavy atom. The van der Waals surface area contributed by atoms with Gasteiger partial charge < -0.3 is 5.32 Å². The van der Waals surface area contributed by atoms with Gasteiger partial charge in [0.2, 0.25) is 5.91 Å². The minimum Gasteiger partial charge on any atom is -0.356 e. The van der Waals surface area contributed by atoms with Crippen LogP contribution in [0.2, 0.25) is 0 Å². The summed E-state index contributed by atoms with van der Waals surface area (Å²) >= 11 is 0. The Labute approximate surface area is 165 Å². The highest BCUT2D eigenvalue weighted by Gasteiger charge is 2.35. The van der Waals surface area contributed by atoms with E-state index in [1.807, 2.05) is 6.92 Å². The second-order valence-electron chi connectivity index (χ2n) is 6.86. The van der Waals surface area contributed by atoms with E-state index in [0.29, 0.717) is 23.1 Å². The second kappa shape index (κ2) is 8.06. The first-order valence-electron chi connectivity index (χ1n) is 9.06. The van der Waals surface area contributed by atoms with Gasteiger partial charge in [-0.3, -0.25) is 19.3 Å². The minimum atomic E-state index is -4.38. The van der Waals surface area contributed by atoms with Crippen LogP contribution in [0.5, 0.6) is 0 Å². The highest BCUT2D eigenvalue weighted by molar-refractivity contribution is 6.21. The number of imide groups is 1. The zero-order valence-electron chi connectivity index (χ0n) is 15.7. The van der Waals surface area contributed by atoms with Crippen molar-refractivity contribution in [2.45, 2.75) is 25.9 Å². The van der Waals surface area contributed by atoms with Crippen LogP contribution in [-0.4, -0.2) is 35.7 Å². The minimum absolute atomic E-state index is 0.0303. The van der Waals surface area contributed by atoms with Gasteiger partial charge in [0.1, 0.15) is 0 Å². The van der Waals surface area contributed by atoms with Gasteiger partial charge in [0.15, 0.2) is 0 Å². The van der Waals surface area contributed by atoms with Crippen molar-refractivity contribution in [1.82, 2.24) is 10.2 Å². The number of fused-ring (bicyclic) bond motifs is 1. The van der Waals surface area contributed by atoms with Gasteiger partial charge in [-0.15, -0.1) is 0 Å². The Kier molecular flexibility index (Phi) is 5.72. The average molecular weight is 404 g/mol. The van der Waals surface area contributed by atoms with Crippen molar-refractivity contribution in [2.75, 3.05) is 13.1 Å². The molecule has 8 heteroatoms. The lowest BCUT2D eigenvalue weighted by molar-refractivity contribution is -0.137. The number of alkyl halides is 3. The molecule has 0 aromatic heterocycles. The number of aryl methyl sites for hydroxylation is 1. The molecule has 5 nitrogen and oxygen atoms in total. The van der Waals surface area contributed by atoms with Crippen LogP contribution < -0.4 is 5.32 Å². The van der Waals surface area contributed by atoms with Crippen molar-refractivity contribution in [3.63, 3.8) is 0 Å². The highest BCUT2D eigenvalue weighted by Crippen LogP contribution is 2.29. The Morgan fingerprint density at radius 2 is 1.66 bits per heavy atom. The molecule has 3 amide bonds. The molecule has 0 unspecified atom stereocenters. The van der Waals surface area contributed by atoms with Gasteiger partial charge in [0.05, 0.1) is 16.7 Å². The quantitative estimate of drug-likeness (QED) is 0.751. The standard InChI is InChI=1S/C21H19F3N2O3/c1-13-2-7-16-17(12-13)20(29)26(19(16)28)11-9-18(27)25-10-8-14-3-5-15(6-4-14)21(22,23)24/h2-7,12H,8-11H2,1H3,(H,25,27). The number of halogens is 3. The maximum Gasteiger partial charge on any atom is 0.416 e. The number of rotatable bonds is 6. The fourth-order valence-electron chi connectivity index (χ4n) is 3.12. The second-order valence-corrected chi connectivity index (χ2v) is 6.86. The molecule has 0 saturated carbocycles. The van der Waals surface area contributed by atoms with E-state index in [1.165, 1.54) is 12.1 Å². The molecule has 0 aliphatic carbocycles. The summed E-state index contributed by atoms with van der Waals surface area (Å²) in [5, 5.41) is 2.65. The van der Waals surface area contributed by atoms with Gasteiger partial charge in [-0.2, -0.15) is 13.2 Å². The summed E-state index contributed by atoms with van der Waals surface area (Å²) in [5.74, 6) is -1.17. The zero-order chi connectivity index (χ0) is 21.2. The largest absolute Gasteiger partial charge is 0.416 e. The Bertz CT molecular complexity index is 953. The van der Waals surface area contributed by atoms with E-state index in [9.17, 15) is 27.6 Å². The topological polar surface area (TPSA) is 66.5 Å². The van der Waals surface area contributed by atoms with E-state index in [0.717, 1.165) is 22.6 Å². The molecule has 0 spiro atoms. The lowest BCUT2D eigenvalue weighted by Crippen LogP contribution is -2.35. The van der Waals surface area contributed by atoms with Crippen molar-refractivity contribution >= 4 is 17.7 Å². The van der Waals surface area contributed by atoms with E-state index in [-0.39, 0.29) is 25.4 Å². The Balaban J connectivity index is 1.46. The monoisotopic (exact) mass is 404 g/mol. The number of benzene rings is 2. The third kappa shape index (κ3) is 4.64. The lowest BCUT2D eigenvalue weighted by Gasteiger charge is -2.13. The molecule has 1 aliphatic heterocycles. The lowest BCUT2D eigenvalue weighted by atomic mass is 10.1. The first-order chi connectivity index (χ1) is 13.7. The average Bonchev–Trinajstić information content (AvgIpc) is 2.89. The Hall–Kier alpha value is -3.16. The van der Waals surface area contributed by atoms with Crippen LogP contribution in [0.3, 0.4) is 0 Å². The van der Waals surface area contributed by atoms with E-state index >= 15 is 0 Å². The van der Waals surface area contributed by atoms with Gasteiger partial charge in [0, 0.05) is 19.5 Å². The molecular formula is C21H19F3N2O3. The fraction of sp³-hybridized carbons (Fsp3) is 0.286. The van der Waals surface area contributed by atoms with Gasteiger partial charge >= 0.3 is 6.18 Å². The van der Waals surface area contributed by atoms with Gasteiger partial charge in [-0.1, -0.05) is 23.8 Å². The van der Waals surface area contributed by atoms with Crippen LogP contribution in [0.4, 0.5) is 13.2 Å². The van der Waals surface area contributed by atoms with Gasteiger partial charge in [-0.05, 0) is 43.2 Å².